The number of carbonyl (C=O) groups is 5. The molecule has 4 amide bonds. The standard InChI is InChI=1S/C24H22N4O6/c1-27-23(32)17-8-7-16(13-18(17)24(27)33)25-20(29)14-34-22(31)10-9-21(30)28-12-11-19(26-28)15-5-3-2-4-6-15/h2-8,13H,9-12,14H2,1H3,(H,25,29). The zero-order valence-corrected chi connectivity index (χ0v) is 18.4. The topological polar surface area (TPSA) is 125 Å². The highest BCUT2D eigenvalue weighted by atomic mass is 16.5. The lowest BCUT2D eigenvalue weighted by Crippen LogP contribution is -2.25. The summed E-state index contributed by atoms with van der Waals surface area (Å²) < 4.78 is 4.94. The van der Waals surface area contributed by atoms with Crippen molar-refractivity contribution in [2.45, 2.75) is 19.3 Å². The fourth-order valence-electron chi connectivity index (χ4n) is 3.66. The smallest absolute Gasteiger partial charge is 0.306 e. The molecule has 0 fully saturated rings. The van der Waals surface area contributed by atoms with Crippen molar-refractivity contribution in [3.8, 4) is 0 Å². The van der Waals surface area contributed by atoms with E-state index < -0.39 is 30.3 Å². The van der Waals surface area contributed by atoms with Gasteiger partial charge in [0.05, 0.1) is 29.8 Å². The summed E-state index contributed by atoms with van der Waals surface area (Å²) in [4.78, 5) is 61.4. The summed E-state index contributed by atoms with van der Waals surface area (Å²) in [5.41, 5.74) is 2.53. The van der Waals surface area contributed by atoms with Gasteiger partial charge in [0.25, 0.3) is 17.7 Å². The number of nitrogens with one attached hydrogen (secondary N) is 1. The fourth-order valence-corrected chi connectivity index (χ4v) is 3.66. The number of rotatable bonds is 7. The molecule has 0 atom stereocenters. The molecule has 174 valence electrons. The number of ether oxygens (including phenoxy) is 1. The van der Waals surface area contributed by atoms with E-state index in [1.54, 1.807) is 0 Å². The van der Waals surface area contributed by atoms with Crippen molar-refractivity contribution < 1.29 is 28.7 Å². The van der Waals surface area contributed by atoms with Crippen LogP contribution in [0, 0.1) is 0 Å². The lowest BCUT2D eigenvalue weighted by molar-refractivity contribution is -0.148. The van der Waals surface area contributed by atoms with E-state index in [2.05, 4.69) is 10.4 Å². The predicted octanol–water partition coefficient (Wildman–Crippen LogP) is 1.81. The van der Waals surface area contributed by atoms with Gasteiger partial charge >= 0.3 is 5.97 Å². The summed E-state index contributed by atoms with van der Waals surface area (Å²) in [6.07, 6.45) is 0.375. The van der Waals surface area contributed by atoms with E-state index in [1.165, 1.54) is 30.3 Å². The first-order chi connectivity index (χ1) is 16.3. The number of fused-ring (bicyclic) bond motifs is 1. The second-order valence-corrected chi connectivity index (χ2v) is 7.82. The molecular weight excluding hydrogens is 440 g/mol. The highest BCUT2D eigenvalue weighted by molar-refractivity contribution is 6.21. The van der Waals surface area contributed by atoms with Gasteiger partial charge in [-0.25, -0.2) is 5.01 Å². The summed E-state index contributed by atoms with van der Waals surface area (Å²) >= 11 is 0. The van der Waals surface area contributed by atoms with Gasteiger partial charge in [-0.15, -0.1) is 0 Å². The van der Waals surface area contributed by atoms with E-state index >= 15 is 0 Å². The van der Waals surface area contributed by atoms with Gasteiger partial charge in [-0.05, 0) is 23.8 Å². The second-order valence-electron chi connectivity index (χ2n) is 7.82. The SMILES string of the molecule is CN1C(=O)c2ccc(NC(=O)COC(=O)CCC(=O)N3CCC(c4ccccc4)=N3)cc2C1=O. The summed E-state index contributed by atoms with van der Waals surface area (Å²) in [5.74, 6) is -2.45. The number of hydrogen-bond donors (Lipinski definition) is 1. The van der Waals surface area contributed by atoms with E-state index in [-0.39, 0.29) is 29.9 Å². The third-order valence-electron chi connectivity index (χ3n) is 5.48. The van der Waals surface area contributed by atoms with Gasteiger partial charge in [-0.2, -0.15) is 5.10 Å². The van der Waals surface area contributed by atoms with Gasteiger partial charge in [-0.1, -0.05) is 30.3 Å². The maximum absolute atomic E-state index is 12.3. The molecule has 1 N–H and O–H groups in total. The van der Waals surface area contributed by atoms with Crippen LogP contribution in [0.2, 0.25) is 0 Å². The number of anilines is 1. The van der Waals surface area contributed by atoms with Crippen molar-refractivity contribution in [3.05, 3.63) is 65.2 Å². The molecule has 4 rings (SSSR count). The number of amides is 4. The summed E-state index contributed by atoms with van der Waals surface area (Å²) in [5, 5.41) is 8.20. The van der Waals surface area contributed by atoms with Crippen molar-refractivity contribution in [2.75, 3.05) is 25.5 Å². The van der Waals surface area contributed by atoms with Crippen molar-refractivity contribution in [3.63, 3.8) is 0 Å². The van der Waals surface area contributed by atoms with Gasteiger partial charge in [0.1, 0.15) is 0 Å². The first kappa shape index (κ1) is 22.8. The van der Waals surface area contributed by atoms with E-state index in [0.717, 1.165) is 16.2 Å². The number of hydrazone groups is 1. The zero-order valence-electron chi connectivity index (χ0n) is 18.4. The van der Waals surface area contributed by atoms with Crippen LogP contribution in [0.1, 0.15) is 45.5 Å². The van der Waals surface area contributed by atoms with Crippen LogP contribution in [0.15, 0.2) is 53.6 Å². The largest absolute Gasteiger partial charge is 0.456 e. The summed E-state index contributed by atoms with van der Waals surface area (Å²) in [7, 11) is 1.38. The van der Waals surface area contributed by atoms with Gasteiger partial charge in [0, 0.05) is 25.6 Å². The number of nitrogens with zero attached hydrogens (tertiary/aromatic N) is 3. The summed E-state index contributed by atoms with van der Waals surface area (Å²) in [6, 6.07) is 13.9. The Hall–Kier alpha value is -4.34. The first-order valence-electron chi connectivity index (χ1n) is 10.7. The van der Waals surface area contributed by atoms with Gasteiger partial charge in [0.2, 0.25) is 5.91 Å². The molecule has 0 aromatic heterocycles. The highest BCUT2D eigenvalue weighted by Gasteiger charge is 2.32. The number of hydrogen-bond acceptors (Lipinski definition) is 7. The molecule has 0 spiro atoms. The minimum Gasteiger partial charge on any atom is -0.456 e. The molecule has 2 aliphatic rings. The van der Waals surface area contributed by atoms with Crippen LogP contribution in [0.25, 0.3) is 0 Å². The molecule has 10 heteroatoms. The Morgan fingerprint density at radius 3 is 2.50 bits per heavy atom. The quantitative estimate of drug-likeness (QED) is 0.494. The fraction of sp³-hybridized carbons (Fsp3) is 0.250. The Morgan fingerprint density at radius 1 is 1.00 bits per heavy atom. The number of esters is 1. The second kappa shape index (κ2) is 9.65. The molecule has 2 aliphatic heterocycles. The Balaban J connectivity index is 1.21. The number of imide groups is 1. The molecule has 34 heavy (non-hydrogen) atoms. The molecule has 2 aromatic rings. The van der Waals surface area contributed by atoms with Crippen LogP contribution in [-0.2, 0) is 19.1 Å². The van der Waals surface area contributed by atoms with Crippen molar-refractivity contribution in [2.24, 2.45) is 5.10 Å². The van der Waals surface area contributed by atoms with Crippen LogP contribution in [0.5, 0.6) is 0 Å². The zero-order chi connectivity index (χ0) is 24.2. The lowest BCUT2D eigenvalue weighted by atomic mass is 10.1. The molecule has 0 unspecified atom stereocenters. The lowest BCUT2D eigenvalue weighted by Gasteiger charge is -2.11. The Bertz CT molecular complexity index is 1210. The molecule has 0 radical (unpaired) electrons. The van der Waals surface area contributed by atoms with Crippen molar-refractivity contribution in [1.82, 2.24) is 9.91 Å². The molecule has 0 aliphatic carbocycles. The molecule has 0 saturated heterocycles. The maximum Gasteiger partial charge on any atom is 0.306 e. The molecule has 10 nitrogen and oxygen atoms in total. The Morgan fingerprint density at radius 2 is 1.74 bits per heavy atom. The molecular formula is C24H22N4O6. The summed E-state index contributed by atoms with van der Waals surface area (Å²) in [6.45, 7) is -0.0951. The first-order valence-corrected chi connectivity index (χ1v) is 10.7. The van der Waals surface area contributed by atoms with Crippen LogP contribution >= 0.6 is 0 Å². The maximum atomic E-state index is 12.3. The van der Waals surface area contributed by atoms with Crippen LogP contribution in [0.4, 0.5) is 5.69 Å². The number of benzene rings is 2. The van der Waals surface area contributed by atoms with E-state index in [1.807, 2.05) is 30.3 Å². The Labute approximate surface area is 195 Å². The minimum absolute atomic E-state index is 0.0828. The molecule has 2 heterocycles. The van der Waals surface area contributed by atoms with Crippen LogP contribution < -0.4 is 5.32 Å². The van der Waals surface area contributed by atoms with Gasteiger partial charge in [-0.3, -0.25) is 28.9 Å². The Kier molecular flexibility index (Phi) is 6.48. The van der Waals surface area contributed by atoms with Gasteiger partial charge < -0.3 is 10.1 Å². The van der Waals surface area contributed by atoms with Crippen LogP contribution in [-0.4, -0.2) is 65.4 Å². The predicted molar refractivity (Wildman–Crippen MR) is 121 cm³/mol. The third-order valence-corrected chi connectivity index (χ3v) is 5.48. The minimum atomic E-state index is -0.689. The van der Waals surface area contributed by atoms with Gasteiger partial charge in [0.15, 0.2) is 6.61 Å². The molecule has 0 bridgehead atoms. The van der Waals surface area contributed by atoms with Crippen molar-refractivity contribution in [1.29, 1.82) is 0 Å². The highest BCUT2D eigenvalue weighted by Crippen LogP contribution is 2.24. The van der Waals surface area contributed by atoms with E-state index in [4.69, 9.17) is 4.74 Å². The number of carbonyl (C=O) groups excluding carboxylic acids is 5. The average Bonchev–Trinajstić information content (AvgIpc) is 3.42. The van der Waals surface area contributed by atoms with Crippen LogP contribution in [0.3, 0.4) is 0 Å². The molecule has 2 aromatic carbocycles. The monoisotopic (exact) mass is 462 g/mol. The third kappa shape index (κ3) is 4.85. The van der Waals surface area contributed by atoms with E-state index in [9.17, 15) is 24.0 Å². The average molecular weight is 462 g/mol. The normalized spacial score (nSPS) is 14.7. The van der Waals surface area contributed by atoms with Crippen molar-refractivity contribution >= 4 is 41.0 Å². The van der Waals surface area contributed by atoms with E-state index in [0.29, 0.717) is 18.7 Å². The molecule has 0 saturated carbocycles.